The first-order chi connectivity index (χ1) is 19.1. The Morgan fingerprint density at radius 3 is 2.54 bits per heavy atom. The highest BCUT2D eigenvalue weighted by molar-refractivity contribution is 7.89. The minimum atomic E-state index is -3.72. The van der Waals surface area contributed by atoms with Crippen LogP contribution in [0.1, 0.15) is 18.4 Å². The van der Waals surface area contributed by atoms with Crippen molar-refractivity contribution in [1.82, 2.24) is 19.7 Å². The van der Waals surface area contributed by atoms with Gasteiger partial charge in [0.2, 0.25) is 15.7 Å². The average Bonchev–Trinajstić information content (AvgIpc) is 3.65. The van der Waals surface area contributed by atoms with Gasteiger partial charge in [0.15, 0.2) is 0 Å². The Balaban J connectivity index is 1.35. The van der Waals surface area contributed by atoms with Crippen LogP contribution >= 0.6 is 0 Å². The van der Waals surface area contributed by atoms with Gasteiger partial charge in [-0.25, -0.2) is 23.1 Å². The monoisotopic (exact) mass is 541 g/mol. The number of hydrogen-bond acceptors (Lipinski definition) is 8. The summed E-state index contributed by atoms with van der Waals surface area (Å²) in [4.78, 5) is 13.1. The largest absolute Gasteiger partial charge is 0.437 e. The van der Waals surface area contributed by atoms with Crippen molar-refractivity contribution in [3.05, 3.63) is 91.0 Å². The van der Waals surface area contributed by atoms with Gasteiger partial charge in [-0.3, -0.25) is 4.98 Å². The van der Waals surface area contributed by atoms with E-state index >= 15 is 0 Å². The van der Waals surface area contributed by atoms with Gasteiger partial charge in [-0.2, -0.15) is 0 Å². The molecule has 39 heavy (non-hydrogen) atoms. The highest BCUT2D eigenvalue weighted by atomic mass is 32.2. The molecule has 5 aromatic rings. The second-order valence-electron chi connectivity index (χ2n) is 9.30. The number of nitrogens with zero attached hydrogens (tertiary/aromatic N) is 3. The summed E-state index contributed by atoms with van der Waals surface area (Å²) >= 11 is 0. The highest BCUT2D eigenvalue weighted by Gasteiger charge is 2.24. The SMILES string of the molecule is O=S(=O)(NCc1cccnc1)c1ccc(-c2oc3ncnc(NCC4CCCO4)c3c2-c2ccccc2)cc1. The smallest absolute Gasteiger partial charge is 0.240 e. The molecular weight excluding hydrogens is 514 g/mol. The van der Waals surface area contributed by atoms with E-state index in [1.807, 2.05) is 36.4 Å². The molecule has 1 atom stereocenters. The summed E-state index contributed by atoms with van der Waals surface area (Å²) in [5.41, 5.74) is 3.73. The lowest BCUT2D eigenvalue weighted by Crippen LogP contribution is -2.23. The number of nitrogens with one attached hydrogen (secondary N) is 2. The summed E-state index contributed by atoms with van der Waals surface area (Å²) in [6.07, 6.45) is 6.96. The van der Waals surface area contributed by atoms with Gasteiger partial charge in [0, 0.05) is 43.2 Å². The summed E-state index contributed by atoms with van der Waals surface area (Å²) in [7, 11) is -3.72. The quantitative estimate of drug-likeness (QED) is 0.267. The predicted molar refractivity (Wildman–Crippen MR) is 148 cm³/mol. The fraction of sp³-hybridized carbons (Fsp3) is 0.207. The first-order valence-corrected chi connectivity index (χ1v) is 14.2. The Morgan fingerprint density at radius 1 is 0.949 bits per heavy atom. The molecule has 0 aliphatic carbocycles. The standard InChI is InChI=1S/C29H27N5O4S/c35-39(36,34-17-20-6-4-14-30-16-20)24-12-10-22(11-13-24)27-25(21-7-2-1-3-8-21)26-28(32-19-33-29(26)38-27)31-18-23-9-5-15-37-23/h1-4,6-8,10-14,16,19,23,34H,5,9,15,17-18H2,(H,31,32,33). The number of sulfonamides is 1. The van der Waals surface area contributed by atoms with Gasteiger partial charge >= 0.3 is 0 Å². The zero-order chi connectivity index (χ0) is 26.7. The van der Waals surface area contributed by atoms with Gasteiger partial charge in [0.25, 0.3) is 0 Å². The zero-order valence-electron chi connectivity index (χ0n) is 21.1. The number of rotatable bonds is 9. The Kier molecular flexibility index (Phi) is 7.06. The second kappa shape index (κ2) is 10.9. The van der Waals surface area contributed by atoms with E-state index in [2.05, 4.69) is 25.0 Å². The van der Waals surface area contributed by atoms with E-state index in [-0.39, 0.29) is 17.5 Å². The van der Waals surface area contributed by atoms with Crippen LogP contribution in [0.25, 0.3) is 33.6 Å². The maximum Gasteiger partial charge on any atom is 0.240 e. The van der Waals surface area contributed by atoms with Crippen LogP contribution in [0.5, 0.6) is 0 Å². The lowest BCUT2D eigenvalue weighted by molar-refractivity contribution is 0.120. The highest BCUT2D eigenvalue weighted by Crippen LogP contribution is 2.42. The van der Waals surface area contributed by atoms with Gasteiger partial charge < -0.3 is 14.5 Å². The molecule has 10 heteroatoms. The Bertz CT molecular complexity index is 1670. The van der Waals surface area contributed by atoms with Gasteiger partial charge in [-0.05, 0) is 54.3 Å². The molecule has 1 aliphatic heterocycles. The molecule has 1 saturated heterocycles. The number of benzene rings is 2. The summed E-state index contributed by atoms with van der Waals surface area (Å²) in [6, 6.07) is 20.1. The number of pyridine rings is 1. The van der Waals surface area contributed by atoms with Crippen molar-refractivity contribution in [2.24, 2.45) is 0 Å². The first-order valence-electron chi connectivity index (χ1n) is 12.8. The molecule has 198 valence electrons. The van der Waals surface area contributed by atoms with Crippen LogP contribution < -0.4 is 10.0 Å². The molecule has 4 heterocycles. The van der Waals surface area contributed by atoms with Crippen LogP contribution in [0, 0.1) is 0 Å². The van der Waals surface area contributed by atoms with Crippen molar-refractivity contribution in [1.29, 1.82) is 0 Å². The van der Waals surface area contributed by atoms with E-state index in [4.69, 9.17) is 9.15 Å². The molecule has 1 fully saturated rings. The normalized spacial score (nSPS) is 15.5. The Hall–Kier alpha value is -4.12. The minimum absolute atomic E-state index is 0.141. The van der Waals surface area contributed by atoms with E-state index in [0.717, 1.165) is 47.1 Å². The number of hydrogen-bond donors (Lipinski definition) is 2. The average molecular weight is 542 g/mol. The molecule has 1 aliphatic rings. The third-order valence-corrected chi connectivity index (χ3v) is 8.10. The molecule has 0 spiro atoms. The fourth-order valence-electron chi connectivity index (χ4n) is 4.72. The lowest BCUT2D eigenvalue weighted by atomic mass is 9.99. The molecular formula is C29H27N5O4S. The van der Waals surface area contributed by atoms with Gasteiger partial charge in [0.05, 0.1) is 16.4 Å². The molecule has 0 amide bonds. The summed E-state index contributed by atoms with van der Waals surface area (Å²) < 4.78 is 40.5. The number of furan rings is 1. The third-order valence-electron chi connectivity index (χ3n) is 6.69. The van der Waals surface area contributed by atoms with E-state index < -0.39 is 10.0 Å². The van der Waals surface area contributed by atoms with Crippen molar-refractivity contribution < 1.29 is 17.6 Å². The van der Waals surface area contributed by atoms with Gasteiger partial charge in [-0.1, -0.05) is 36.4 Å². The first kappa shape index (κ1) is 25.2. The molecule has 1 unspecified atom stereocenters. The fourth-order valence-corrected chi connectivity index (χ4v) is 5.73. The van der Waals surface area contributed by atoms with Crippen LogP contribution in [-0.4, -0.2) is 42.6 Å². The number of aromatic nitrogens is 3. The predicted octanol–water partition coefficient (Wildman–Crippen LogP) is 5.02. The van der Waals surface area contributed by atoms with E-state index in [1.54, 1.807) is 42.7 Å². The van der Waals surface area contributed by atoms with Crippen LogP contribution in [0.15, 0.2) is 94.8 Å². The molecule has 0 bridgehead atoms. The lowest BCUT2D eigenvalue weighted by Gasteiger charge is -2.12. The maximum atomic E-state index is 12.9. The van der Waals surface area contributed by atoms with Crippen LogP contribution in [0.3, 0.4) is 0 Å². The van der Waals surface area contributed by atoms with E-state index in [0.29, 0.717) is 23.8 Å². The topological polar surface area (TPSA) is 119 Å². The van der Waals surface area contributed by atoms with Crippen LogP contribution in [-0.2, 0) is 21.3 Å². The molecule has 2 N–H and O–H groups in total. The van der Waals surface area contributed by atoms with Crippen molar-refractivity contribution in [2.45, 2.75) is 30.4 Å². The van der Waals surface area contributed by atoms with Crippen molar-refractivity contribution in [2.75, 3.05) is 18.5 Å². The Morgan fingerprint density at radius 2 is 1.79 bits per heavy atom. The summed E-state index contributed by atoms with van der Waals surface area (Å²) in [5.74, 6) is 1.26. The van der Waals surface area contributed by atoms with Crippen molar-refractivity contribution >= 4 is 26.9 Å². The summed E-state index contributed by atoms with van der Waals surface area (Å²) in [6.45, 7) is 1.57. The maximum absolute atomic E-state index is 12.9. The van der Waals surface area contributed by atoms with Crippen molar-refractivity contribution in [3.8, 4) is 22.5 Å². The third kappa shape index (κ3) is 5.40. The minimum Gasteiger partial charge on any atom is -0.437 e. The molecule has 0 radical (unpaired) electrons. The molecule has 2 aromatic carbocycles. The van der Waals surface area contributed by atoms with Gasteiger partial charge in [-0.15, -0.1) is 0 Å². The van der Waals surface area contributed by atoms with Crippen LogP contribution in [0.2, 0.25) is 0 Å². The molecule has 6 rings (SSSR count). The van der Waals surface area contributed by atoms with E-state index in [1.165, 1.54) is 6.33 Å². The molecule has 9 nitrogen and oxygen atoms in total. The van der Waals surface area contributed by atoms with E-state index in [9.17, 15) is 8.42 Å². The summed E-state index contributed by atoms with van der Waals surface area (Å²) in [5, 5.41) is 4.20. The number of anilines is 1. The second-order valence-corrected chi connectivity index (χ2v) is 11.1. The number of ether oxygens (including phenoxy) is 1. The van der Waals surface area contributed by atoms with Crippen molar-refractivity contribution in [3.63, 3.8) is 0 Å². The molecule has 3 aromatic heterocycles. The zero-order valence-corrected chi connectivity index (χ0v) is 21.9. The van der Waals surface area contributed by atoms with Gasteiger partial charge in [0.1, 0.15) is 17.9 Å². The Labute approximate surface area is 226 Å². The van der Waals surface area contributed by atoms with Crippen LogP contribution in [0.4, 0.5) is 5.82 Å². The number of fused-ring (bicyclic) bond motifs is 1. The molecule has 0 saturated carbocycles.